The van der Waals surface area contributed by atoms with Gasteiger partial charge in [0.15, 0.2) is 0 Å². The van der Waals surface area contributed by atoms with E-state index in [-0.39, 0.29) is 148 Å². The maximum Gasteiger partial charge on any atom is 0 e. The maximum absolute atomic E-state index is 0. The van der Waals surface area contributed by atoms with Crippen LogP contribution in [0.15, 0.2) is 0 Å². The first kappa shape index (κ1) is 48.5. The van der Waals surface area contributed by atoms with Crippen LogP contribution in [0.25, 0.3) is 0 Å². The molecule has 0 spiro atoms. The summed E-state index contributed by atoms with van der Waals surface area (Å²) in [4.78, 5) is 0. The molecule has 0 aliphatic rings. The van der Waals surface area contributed by atoms with Crippen molar-refractivity contribution < 1.29 is 11.0 Å². The Labute approximate surface area is 144 Å². The Hall–Kier alpha value is 4.26. The molecule has 2 nitrogen and oxygen atoms in total. The second-order valence-electron chi connectivity index (χ2n) is 0. The van der Waals surface area contributed by atoms with E-state index in [1.807, 2.05) is 0 Å². The molecule has 0 rings (SSSR count). The molecule has 0 bridgehead atoms. The third kappa shape index (κ3) is 24.0. The zero-order valence-corrected chi connectivity index (χ0v) is 12.7. The van der Waals surface area contributed by atoms with Gasteiger partial charge in [0, 0.05) is 137 Å². The quantitative estimate of drug-likeness (QED) is 0.342. The topological polar surface area (TPSA) is 63.0 Å². The van der Waals surface area contributed by atoms with E-state index in [0.717, 1.165) is 0 Å². The molecule has 6 heavy (non-hydrogen) atoms. The van der Waals surface area contributed by atoms with Crippen molar-refractivity contribution in [2.45, 2.75) is 0 Å². The van der Waals surface area contributed by atoms with Crippen molar-refractivity contribution in [2.24, 2.45) is 0 Å². The smallest absolute Gasteiger partial charge is 0 e. The van der Waals surface area contributed by atoms with Gasteiger partial charge >= 0.3 is 0 Å². The van der Waals surface area contributed by atoms with Crippen LogP contribution in [0.3, 0.4) is 0 Å². The number of rotatable bonds is 0. The third-order valence-corrected chi connectivity index (χ3v) is 0. The van der Waals surface area contributed by atoms with Crippen LogP contribution in [0.4, 0.5) is 0 Å². The Kier molecular flexibility index (Phi) is 281. The average molecular weight is 168 g/mol. The van der Waals surface area contributed by atoms with Crippen molar-refractivity contribution in [3.63, 3.8) is 0 Å². The van der Waals surface area contributed by atoms with Crippen molar-refractivity contribution in [3.8, 4) is 0 Å². The first-order valence-electron chi connectivity index (χ1n) is 0. The summed E-state index contributed by atoms with van der Waals surface area (Å²) in [5.41, 5.74) is 0. The van der Waals surface area contributed by atoms with E-state index in [4.69, 9.17) is 0 Å². The van der Waals surface area contributed by atoms with E-state index < -0.39 is 0 Å². The largest absolute Gasteiger partial charge is 0.412 e. The van der Waals surface area contributed by atoms with Crippen molar-refractivity contribution in [1.82, 2.24) is 0 Å². The van der Waals surface area contributed by atoms with Gasteiger partial charge in [-0.3, -0.25) is 0 Å². The van der Waals surface area contributed by atoms with Crippen LogP contribution in [0.1, 0.15) is 0 Å². The van der Waals surface area contributed by atoms with Gasteiger partial charge in [-0.25, -0.2) is 0 Å². The van der Waals surface area contributed by atoms with Crippen LogP contribution < -0.4 is 0 Å². The van der Waals surface area contributed by atoms with Gasteiger partial charge in [-0.1, -0.05) is 0 Å². The minimum Gasteiger partial charge on any atom is -0.412 e. The fourth-order valence-electron chi connectivity index (χ4n) is 0. The van der Waals surface area contributed by atoms with Gasteiger partial charge in [0.1, 0.15) is 0 Å². The van der Waals surface area contributed by atoms with Crippen LogP contribution in [0.5, 0.6) is 0 Å². The van der Waals surface area contributed by atoms with Crippen LogP contribution >= 0.6 is 0 Å². The molecular weight excluding hydrogens is 164 g/mol. The summed E-state index contributed by atoms with van der Waals surface area (Å²) in [7, 11) is 0. The molecule has 4 N–H and O–H groups in total. The van der Waals surface area contributed by atoms with Crippen molar-refractivity contribution in [1.29, 1.82) is 0 Å². The summed E-state index contributed by atoms with van der Waals surface area (Å²) in [6.45, 7) is 0. The first-order valence-corrected chi connectivity index (χ1v) is 0. The second kappa shape index (κ2) is 34.8. The van der Waals surface area contributed by atoms with Gasteiger partial charge in [-0.2, -0.15) is 0 Å². The standard InChI is InChI=1S/2Al.2K.2H2O/h;;;;2*1H2. The zero-order valence-electron chi connectivity index (χ0n) is 4.15. The van der Waals surface area contributed by atoms with E-state index in [0.29, 0.717) is 0 Å². The van der Waals surface area contributed by atoms with E-state index in [1.54, 1.807) is 0 Å². The van der Waals surface area contributed by atoms with Crippen LogP contribution in [0.2, 0.25) is 0 Å². The molecule has 0 unspecified atom stereocenters. The molecule has 8 radical (unpaired) electrons. The Morgan fingerprint density at radius 2 is 0.500 bits per heavy atom. The predicted octanol–water partition coefficient (Wildman–Crippen LogP) is -3.17. The molecule has 0 saturated carbocycles. The van der Waals surface area contributed by atoms with Crippen molar-refractivity contribution in [2.75, 3.05) is 0 Å². The molecule has 0 heterocycles. The Morgan fingerprint density at radius 1 is 0.500 bits per heavy atom. The average Bonchev–Trinajstić information content (AvgIpc) is 0. The molecule has 0 aliphatic carbocycles. The van der Waals surface area contributed by atoms with Gasteiger partial charge < -0.3 is 11.0 Å². The fraction of sp³-hybridized carbons (Fsp3) is 0. The van der Waals surface area contributed by atoms with Gasteiger partial charge in [0.05, 0.1) is 0 Å². The molecule has 0 amide bonds. The summed E-state index contributed by atoms with van der Waals surface area (Å²) in [6, 6.07) is 0. The molecule has 0 atom stereocenters. The minimum atomic E-state index is 0. The molecule has 0 aromatic rings. The van der Waals surface area contributed by atoms with Crippen LogP contribution in [-0.2, 0) is 0 Å². The monoisotopic (exact) mass is 168 g/mol. The SMILES string of the molecule is O.O.[Al].[Al].[K].[K]. The molecule has 6 heteroatoms. The maximum atomic E-state index is 0. The second-order valence-corrected chi connectivity index (χ2v) is 0. The van der Waals surface area contributed by atoms with E-state index >= 15 is 0 Å². The van der Waals surface area contributed by atoms with Gasteiger partial charge in [0.2, 0.25) is 0 Å². The summed E-state index contributed by atoms with van der Waals surface area (Å²) >= 11 is 0. The molecule has 0 aromatic heterocycles. The van der Waals surface area contributed by atoms with E-state index in [9.17, 15) is 0 Å². The molecule has 0 fully saturated rings. The predicted molar refractivity (Wildman–Crippen MR) is 30.2 cm³/mol. The van der Waals surface area contributed by atoms with Crippen molar-refractivity contribution >= 4 is 137 Å². The van der Waals surface area contributed by atoms with Gasteiger partial charge in [-0.05, 0) is 0 Å². The summed E-state index contributed by atoms with van der Waals surface area (Å²) in [5.74, 6) is 0. The van der Waals surface area contributed by atoms with Gasteiger partial charge in [0.25, 0.3) is 0 Å². The molecule has 0 aliphatic heterocycles. The molecule has 0 aromatic carbocycles. The Morgan fingerprint density at radius 3 is 0.500 bits per heavy atom. The Bertz CT molecular complexity index is 9.51. The normalized spacial score (nSPS) is 0. The fourth-order valence-corrected chi connectivity index (χ4v) is 0. The minimum absolute atomic E-state index is 0. The molecular formula is H4Al2K2O2. The van der Waals surface area contributed by atoms with E-state index in [2.05, 4.69) is 0 Å². The number of hydrogen-bond donors (Lipinski definition) is 0. The van der Waals surface area contributed by atoms with Crippen molar-refractivity contribution in [3.05, 3.63) is 0 Å². The number of hydrogen-bond acceptors (Lipinski definition) is 0. The first-order chi connectivity index (χ1) is 0. The Balaban J connectivity index is 0. The van der Waals surface area contributed by atoms with Crippen LogP contribution in [-0.4, -0.2) is 148 Å². The summed E-state index contributed by atoms with van der Waals surface area (Å²) < 4.78 is 0. The zero-order chi connectivity index (χ0) is 0. The van der Waals surface area contributed by atoms with Gasteiger partial charge in [-0.15, -0.1) is 0 Å². The van der Waals surface area contributed by atoms with Crippen LogP contribution in [0, 0.1) is 0 Å². The summed E-state index contributed by atoms with van der Waals surface area (Å²) in [6.07, 6.45) is 0. The van der Waals surface area contributed by atoms with E-state index in [1.165, 1.54) is 0 Å². The summed E-state index contributed by atoms with van der Waals surface area (Å²) in [5, 5.41) is 0. The molecule has 24 valence electrons. The molecule has 0 saturated heterocycles. The third-order valence-electron chi connectivity index (χ3n) is 0.